The van der Waals surface area contributed by atoms with Crippen molar-refractivity contribution in [2.75, 3.05) is 38.1 Å². The molecule has 0 radical (unpaired) electrons. The maximum Gasteiger partial charge on any atom is 0.0867 e. The second kappa shape index (κ2) is 9.09. The average molecular weight is 411 g/mol. The second-order valence-electron chi connectivity index (χ2n) is 8.23. The van der Waals surface area contributed by atoms with Crippen LogP contribution >= 0.6 is 0 Å². The summed E-state index contributed by atoms with van der Waals surface area (Å²) in [5.41, 5.74) is 7.02. The highest BCUT2D eigenvalue weighted by molar-refractivity contribution is 6.05. The van der Waals surface area contributed by atoms with Crippen molar-refractivity contribution in [3.05, 3.63) is 102 Å². The summed E-state index contributed by atoms with van der Waals surface area (Å²) in [5, 5.41) is 7.34. The Hall–Kier alpha value is -3.53. The molecular weight excluding hydrogens is 380 g/mol. The zero-order chi connectivity index (χ0) is 21.8. The van der Waals surface area contributed by atoms with Crippen molar-refractivity contribution in [1.29, 1.82) is 0 Å². The molecule has 0 spiro atoms. The number of hydrazone groups is 1. The number of benzene rings is 3. The zero-order valence-electron chi connectivity index (χ0n) is 18.7. The van der Waals surface area contributed by atoms with Gasteiger partial charge in [-0.3, -0.25) is 5.01 Å². The predicted molar refractivity (Wildman–Crippen MR) is 133 cm³/mol. The fourth-order valence-corrected chi connectivity index (χ4v) is 4.08. The Kier molecular flexibility index (Phi) is 6.08. The van der Waals surface area contributed by atoms with Crippen molar-refractivity contribution in [3.8, 4) is 0 Å². The van der Waals surface area contributed by atoms with Crippen LogP contribution in [-0.2, 0) is 0 Å². The van der Waals surface area contributed by atoms with E-state index in [1.807, 2.05) is 12.1 Å². The molecule has 0 aromatic heterocycles. The Bertz CT molecular complexity index is 1070. The average Bonchev–Trinajstić information content (AvgIpc) is 3.23. The van der Waals surface area contributed by atoms with Crippen LogP contribution in [0.4, 0.5) is 11.4 Å². The van der Waals surface area contributed by atoms with E-state index in [0.29, 0.717) is 0 Å². The quantitative estimate of drug-likeness (QED) is 0.523. The van der Waals surface area contributed by atoms with Gasteiger partial charge in [0.05, 0.1) is 23.1 Å². The second-order valence-corrected chi connectivity index (χ2v) is 8.23. The van der Waals surface area contributed by atoms with Crippen LogP contribution in [0, 0.1) is 0 Å². The van der Waals surface area contributed by atoms with Crippen LogP contribution in [-0.4, -0.2) is 38.8 Å². The molecule has 3 aromatic rings. The molecule has 1 heterocycles. The lowest BCUT2D eigenvalue weighted by Crippen LogP contribution is -2.22. The van der Waals surface area contributed by atoms with Crippen LogP contribution < -0.4 is 9.91 Å². The lowest BCUT2D eigenvalue weighted by atomic mass is 9.97. The van der Waals surface area contributed by atoms with Gasteiger partial charge in [-0.1, -0.05) is 66.7 Å². The van der Waals surface area contributed by atoms with Gasteiger partial charge in [-0.05, 0) is 29.8 Å². The van der Waals surface area contributed by atoms with Crippen LogP contribution in [0.1, 0.15) is 23.6 Å². The lowest BCUT2D eigenvalue weighted by molar-refractivity contribution is 0.541. The van der Waals surface area contributed by atoms with Gasteiger partial charge in [0.1, 0.15) is 0 Å². The molecule has 3 aromatic carbocycles. The maximum absolute atomic E-state index is 5.16. The number of para-hydroxylation sites is 2. The van der Waals surface area contributed by atoms with Gasteiger partial charge in [0.25, 0.3) is 0 Å². The van der Waals surface area contributed by atoms with Gasteiger partial charge >= 0.3 is 0 Å². The van der Waals surface area contributed by atoms with E-state index in [4.69, 9.17) is 5.10 Å². The molecular formula is C27H30N4. The first-order chi connectivity index (χ1) is 15.0. The highest BCUT2D eigenvalue weighted by Crippen LogP contribution is 2.40. The molecule has 1 aliphatic heterocycles. The minimum absolute atomic E-state index is 0.134. The van der Waals surface area contributed by atoms with Gasteiger partial charge in [-0.15, -0.1) is 0 Å². The highest BCUT2D eigenvalue weighted by atomic mass is 15.5. The monoisotopic (exact) mass is 410 g/mol. The predicted octanol–water partition coefficient (Wildman–Crippen LogP) is 5.66. The molecule has 0 saturated carbocycles. The van der Waals surface area contributed by atoms with Gasteiger partial charge in [0, 0.05) is 45.9 Å². The minimum atomic E-state index is 0.134. The topological polar surface area (TPSA) is 22.1 Å². The molecule has 0 amide bonds. The molecule has 0 N–H and O–H groups in total. The van der Waals surface area contributed by atoms with Gasteiger partial charge in [0.2, 0.25) is 0 Å². The van der Waals surface area contributed by atoms with E-state index in [1.54, 1.807) is 0 Å². The van der Waals surface area contributed by atoms with Gasteiger partial charge < -0.3 is 9.80 Å². The summed E-state index contributed by atoms with van der Waals surface area (Å²) in [7, 11) is 8.38. The van der Waals surface area contributed by atoms with Crippen molar-refractivity contribution >= 4 is 23.2 Å². The number of hydrogen-bond acceptors (Lipinski definition) is 4. The molecule has 4 rings (SSSR count). The normalized spacial score (nSPS) is 16.3. The molecule has 0 saturated heterocycles. The van der Waals surface area contributed by atoms with E-state index < -0.39 is 0 Å². The van der Waals surface area contributed by atoms with Crippen molar-refractivity contribution in [1.82, 2.24) is 4.90 Å². The fraction of sp³-hybridized carbons (Fsp3) is 0.222. The Labute approximate surface area is 185 Å². The molecule has 4 heteroatoms. The van der Waals surface area contributed by atoms with E-state index in [0.717, 1.165) is 23.5 Å². The Balaban J connectivity index is 1.79. The van der Waals surface area contributed by atoms with Crippen LogP contribution in [0.25, 0.3) is 6.08 Å². The molecule has 0 fully saturated rings. The Morgan fingerprint density at radius 3 is 2.10 bits per heavy atom. The van der Waals surface area contributed by atoms with E-state index in [9.17, 15) is 0 Å². The van der Waals surface area contributed by atoms with Gasteiger partial charge in [0.15, 0.2) is 0 Å². The first-order valence-electron chi connectivity index (χ1n) is 10.7. The third-order valence-electron chi connectivity index (χ3n) is 5.59. The SMILES string of the molecule is CN(C)C(=Cc1ccccc1)C1=NN(c2ccccc2)C(c2ccccc2N(C)C)C1. The molecule has 0 bridgehead atoms. The summed E-state index contributed by atoms with van der Waals surface area (Å²) in [5.74, 6) is 0. The van der Waals surface area contributed by atoms with Crippen LogP contribution in [0.15, 0.2) is 95.7 Å². The Morgan fingerprint density at radius 2 is 1.45 bits per heavy atom. The van der Waals surface area contributed by atoms with Crippen LogP contribution in [0.5, 0.6) is 0 Å². The van der Waals surface area contributed by atoms with Gasteiger partial charge in [-0.2, -0.15) is 5.10 Å². The summed E-state index contributed by atoms with van der Waals surface area (Å²) >= 11 is 0. The summed E-state index contributed by atoms with van der Waals surface area (Å²) in [4.78, 5) is 4.35. The van der Waals surface area contributed by atoms with Crippen LogP contribution in [0.3, 0.4) is 0 Å². The van der Waals surface area contributed by atoms with Crippen molar-refractivity contribution in [2.45, 2.75) is 12.5 Å². The first-order valence-corrected chi connectivity index (χ1v) is 10.7. The van der Waals surface area contributed by atoms with E-state index in [-0.39, 0.29) is 6.04 Å². The zero-order valence-corrected chi connectivity index (χ0v) is 18.7. The van der Waals surface area contributed by atoms with Crippen molar-refractivity contribution in [3.63, 3.8) is 0 Å². The highest BCUT2D eigenvalue weighted by Gasteiger charge is 2.33. The molecule has 4 nitrogen and oxygen atoms in total. The number of rotatable bonds is 6. The molecule has 1 atom stereocenters. The van der Waals surface area contributed by atoms with E-state index in [2.05, 4.69) is 122 Å². The summed E-state index contributed by atoms with van der Waals surface area (Å²) < 4.78 is 0. The third-order valence-corrected chi connectivity index (χ3v) is 5.59. The van der Waals surface area contributed by atoms with E-state index in [1.165, 1.54) is 16.8 Å². The lowest BCUT2D eigenvalue weighted by Gasteiger charge is -2.27. The fourth-order valence-electron chi connectivity index (χ4n) is 4.08. The van der Waals surface area contributed by atoms with Crippen LogP contribution in [0.2, 0.25) is 0 Å². The summed E-state index contributed by atoms with van der Waals surface area (Å²) in [6.07, 6.45) is 3.07. The molecule has 158 valence electrons. The first kappa shape index (κ1) is 20.7. The van der Waals surface area contributed by atoms with Crippen molar-refractivity contribution < 1.29 is 0 Å². The number of allylic oxidation sites excluding steroid dienone is 1. The maximum atomic E-state index is 5.16. The molecule has 0 aliphatic carbocycles. The largest absolute Gasteiger partial charge is 0.377 e. The number of anilines is 2. The summed E-state index contributed by atoms with van der Waals surface area (Å²) in [6.45, 7) is 0. The number of nitrogens with zero attached hydrogens (tertiary/aromatic N) is 4. The molecule has 31 heavy (non-hydrogen) atoms. The summed E-state index contributed by atoms with van der Waals surface area (Å²) in [6, 6.07) is 29.7. The van der Waals surface area contributed by atoms with Gasteiger partial charge in [-0.25, -0.2) is 0 Å². The third kappa shape index (κ3) is 4.48. The number of hydrogen-bond donors (Lipinski definition) is 0. The van der Waals surface area contributed by atoms with Crippen molar-refractivity contribution in [2.24, 2.45) is 5.10 Å². The smallest absolute Gasteiger partial charge is 0.0867 e. The Morgan fingerprint density at radius 1 is 0.839 bits per heavy atom. The molecule has 1 aliphatic rings. The minimum Gasteiger partial charge on any atom is -0.377 e. The standard InChI is InChI=1S/C27H30N4/c1-29(2)25-18-12-11-17-23(25)26-20-24(28-31(26)22-15-9-6-10-16-22)27(30(3)4)19-21-13-7-5-8-14-21/h5-19,26H,20H2,1-4H3. The molecule has 1 unspecified atom stereocenters. The van der Waals surface area contributed by atoms with E-state index >= 15 is 0 Å².